The Labute approximate surface area is 88.2 Å². The lowest BCUT2D eigenvalue weighted by Crippen LogP contribution is -2.43. The van der Waals surface area contributed by atoms with Gasteiger partial charge in [-0.3, -0.25) is 4.90 Å². The zero-order chi connectivity index (χ0) is 10.6. The van der Waals surface area contributed by atoms with Gasteiger partial charge in [0.1, 0.15) is 0 Å². The summed E-state index contributed by atoms with van der Waals surface area (Å²) in [5.41, 5.74) is 7.13. The van der Waals surface area contributed by atoms with Crippen molar-refractivity contribution in [1.29, 1.82) is 0 Å². The van der Waals surface area contributed by atoms with E-state index in [1.54, 1.807) is 0 Å². The molecule has 1 saturated heterocycles. The number of rotatable bonds is 3. The van der Waals surface area contributed by atoms with Gasteiger partial charge in [0.05, 0.1) is 0 Å². The predicted octanol–water partition coefficient (Wildman–Crippen LogP) is 2.01. The van der Waals surface area contributed by atoms with Crippen molar-refractivity contribution in [3.63, 3.8) is 0 Å². The van der Waals surface area contributed by atoms with Gasteiger partial charge >= 0.3 is 0 Å². The van der Waals surface area contributed by atoms with Gasteiger partial charge in [-0.25, -0.2) is 0 Å². The van der Waals surface area contributed by atoms with Crippen molar-refractivity contribution in [2.75, 3.05) is 19.6 Å². The normalized spacial score (nSPS) is 28.9. The van der Waals surface area contributed by atoms with Gasteiger partial charge in [-0.1, -0.05) is 11.6 Å². The lowest BCUT2D eigenvalue weighted by molar-refractivity contribution is 0.135. The molecule has 2 nitrogen and oxygen atoms in total. The third kappa shape index (κ3) is 3.43. The van der Waals surface area contributed by atoms with Crippen LogP contribution >= 0.6 is 0 Å². The Morgan fingerprint density at radius 3 is 2.71 bits per heavy atom. The Bertz CT molecular complexity index is 194. The number of hydrogen-bond donors (Lipinski definition) is 1. The molecule has 14 heavy (non-hydrogen) atoms. The SMILES string of the molecule is CC(C)=CCN1CC(CN)CCC1C. The Kier molecular flexibility index (Phi) is 4.63. The van der Waals surface area contributed by atoms with Crippen LogP contribution in [-0.4, -0.2) is 30.6 Å². The molecule has 2 atom stereocenters. The summed E-state index contributed by atoms with van der Waals surface area (Å²) in [6.45, 7) is 9.77. The maximum Gasteiger partial charge on any atom is 0.0168 e. The molecule has 0 radical (unpaired) electrons. The van der Waals surface area contributed by atoms with E-state index < -0.39 is 0 Å². The van der Waals surface area contributed by atoms with Crippen LogP contribution in [0.2, 0.25) is 0 Å². The van der Waals surface area contributed by atoms with E-state index in [1.807, 2.05) is 0 Å². The van der Waals surface area contributed by atoms with Crippen LogP contribution in [0, 0.1) is 5.92 Å². The first-order valence-electron chi connectivity index (χ1n) is 5.71. The van der Waals surface area contributed by atoms with Crippen LogP contribution in [0.4, 0.5) is 0 Å². The molecule has 82 valence electrons. The number of nitrogens with zero attached hydrogens (tertiary/aromatic N) is 1. The Morgan fingerprint density at radius 1 is 1.43 bits per heavy atom. The van der Waals surface area contributed by atoms with Crippen LogP contribution in [0.3, 0.4) is 0 Å². The molecule has 1 heterocycles. The van der Waals surface area contributed by atoms with Crippen LogP contribution < -0.4 is 5.73 Å². The zero-order valence-corrected chi connectivity index (χ0v) is 9.79. The summed E-state index contributed by atoms with van der Waals surface area (Å²) in [6, 6.07) is 0.730. The molecule has 0 aliphatic carbocycles. The highest BCUT2D eigenvalue weighted by atomic mass is 15.2. The summed E-state index contributed by atoms with van der Waals surface area (Å²) in [5.74, 6) is 0.719. The monoisotopic (exact) mass is 196 g/mol. The summed E-state index contributed by atoms with van der Waals surface area (Å²) in [4.78, 5) is 2.55. The molecule has 0 spiro atoms. The molecule has 2 N–H and O–H groups in total. The third-order valence-corrected chi connectivity index (χ3v) is 3.18. The number of likely N-dealkylation sites (tertiary alicyclic amines) is 1. The van der Waals surface area contributed by atoms with Crippen LogP contribution in [-0.2, 0) is 0 Å². The Hall–Kier alpha value is -0.340. The first-order chi connectivity index (χ1) is 6.63. The molecule has 0 aromatic heterocycles. The maximum atomic E-state index is 5.72. The quantitative estimate of drug-likeness (QED) is 0.700. The molecule has 0 amide bonds. The van der Waals surface area contributed by atoms with Crippen molar-refractivity contribution in [2.45, 2.75) is 39.7 Å². The average Bonchev–Trinajstić information content (AvgIpc) is 2.16. The summed E-state index contributed by atoms with van der Waals surface area (Å²) < 4.78 is 0. The van der Waals surface area contributed by atoms with E-state index >= 15 is 0 Å². The number of nitrogens with two attached hydrogens (primary N) is 1. The first kappa shape index (κ1) is 11.7. The number of hydrogen-bond acceptors (Lipinski definition) is 2. The topological polar surface area (TPSA) is 29.3 Å². The smallest absolute Gasteiger partial charge is 0.0168 e. The summed E-state index contributed by atoms with van der Waals surface area (Å²) in [7, 11) is 0. The minimum Gasteiger partial charge on any atom is -0.330 e. The molecular formula is C12H24N2. The van der Waals surface area contributed by atoms with Crippen molar-refractivity contribution in [3.05, 3.63) is 11.6 Å². The molecular weight excluding hydrogens is 172 g/mol. The van der Waals surface area contributed by atoms with E-state index in [1.165, 1.54) is 25.0 Å². The highest BCUT2D eigenvalue weighted by Crippen LogP contribution is 2.20. The van der Waals surface area contributed by atoms with E-state index in [9.17, 15) is 0 Å². The van der Waals surface area contributed by atoms with Gasteiger partial charge in [0, 0.05) is 19.1 Å². The van der Waals surface area contributed by atoms with Crippen molar-refractivity contribution in [2.24, 2.45) is 11.7 Å². The minimum atomic E-state index is 0.719. The second-order valence-electron chi connectivity index (χ2n) is 4.76. The third-order valence-electron chi connectivity index (χ3n) is 3.18. The molecule has 2 unspecified atom stereocenters. The van der Waals surface area contributed by atoms with Gasteiger partial charge in [0.15, 0.2) is 0 Å². The van der Waals surface area contributed by atoms with E-state index in [-0.39, 0.29) is 0 Å². The van der Waals surface area contributed by atoms with Crippen LogP contribution in [0.25, 0.3) is 0 Å². The molecule has 0 aromatic carbocycles. The van der Waals surface area contributed by atoms with Crippen molar-refractivity contribution in [3.8, 4) is 0 Å². The number of piperidine rings is 1. The van der Waals surface area contributed by atoms with Gasteiger partial charge < -0.3 is 5.73 Å². The second-order valence-corrected chi connectivity index (χ2v) is 4.76. The van der Waals surface area contributed by atoms with Crippen LogP contribution in [0.1, 0.15) is 33.6 Å². The van der Waals surface area contributed by atoms with Gasteiger partial charge in [-0.2, -0.15) is 0 Å². The maximum absolute atomic E-state index is 5.72. The fraction of sp³-hybridized carbons (Fsp3) is 0.833. The average molecular weight is 196 g/mol. The zero-order valence-electron chi connectivity index (χ0n) is 9.79. The Balaban J connectivity index is 2.44. The van der Waals surface area contributed by atoms with Gasteiger partial charge in [0.25, 0.3) is 0 Å². The lowest BCUT2D eigenvalue weighted by atomic mass is 9.93. The predicted molar refractivity (Wildman–Crippen MR) is 62.2 cm³/mol. The van der Waals surface area contributed by atoms with E-state index in [0.717, 1.165) is 25.0 Å². The molecule has 1 aliphatic heterocycles. The van der Waals surface area contributed by atoms with E-state index in [4.69, 9.17) is 5.73 Å². The molecule has 0 saturated carbocycles. The van der Waals surface area contributed by atoms with Gasteiger partial charge in [-0.05, 0) is 46.1 Å². The molecule has 1 aliphatic rings. The fourth-order valence-corrected chi connectivity index (χ4v) is 2.01. The molecule has 0 aromatic rings. The Morgan fingerprint density at radius 2 is 2.14 bits per heavy atom. The standard InChI is InChI=1S/C12H24N2/c1-10(2)6-7-14-9-12(8-13)5-4-11(14)3/h6,11-12H,4-5,7-9,13H2,1-3H3. The van der Waals surface area contributed by atoms with Crippen LogP contribution in [0.5, 0.6) is 0 Å². The lowest BCUT2D eigenvalue weighted by Gasteiger charge is -2.37. The minimum absolute atomic E-state index is 0.719. The van der Waals surface area contributed by atoms with E-state index in [2.05, 4.69) is 31.7 Å². The summed E-state index contributed by atoms with van der Waals surface area (Å²) >= 11 is 0. The highest BCUT2D eigenvalue weighted by molar-refractivity contribution is 4.96. The van der Waals surface area contributed by atoms with Crippen molar-refractivity contribution < 1.29 is 0 Å². The van der Waals surface area contributed by atoms with Gasteiger partial charge in [-0.15, -0.1) is 0 Å². The molecule has 1 fully saturated rings. The van der Waals surface area contributed by atoms with Crippen molar-refractivity contribution in [1.82, 2.24) is 4.90 Å². The molecule has 0 bridgehead atoms. The first-order valence-corrected chi connectivity index (χ1v) is 5.71. The van der Waals surface area contributed by atoms with Gasteiger partial charge in [0.2, 0.25) is 0 Å². The molecule has 1 rings (SSSR count). The van der Waals surface area contributed by atoms with Crippen molar-refractivity contribution >= 4 is 0 Å². The number of allylic oxidation sites excluding steroid dienone is 1. The fourth-order valence-electron chi connectivity index (χ4n) is 2.01. The second kappa shape index (κ2) is 5.52. The highest BCUT2D eigenvalue weighted by Gasteiger charge is 2.23. The van der Waals surface area contributed by atoms with E-state index in [0.29, 0.717) is 0 Å². The molecule has 2 heteroatoms. The summed E-state index contributed by atoms with van der Waals surface area (Å²) in [6.07, 6.45) is 4.93. The summed E-state index contributed by atoms with van der Waals surface area (Å²) in [5, 5.41) is 0. The largest absolute Gasteiger partial charge is 0.330 e. The van der Waals surface area contributed by atoms with Crippen LogP contribution in [0.15, 0.2) is 11.6 Å².